The first kappa shape index (κ1) is 29.4. The summed E-state index contributed by atoms with van der Waals surface area (Å²) in [4.78, 5) is 14.0. The van der Waals surface area contributed by atoms with Crippen LogP contribution in [0.1, 0.15) is 26.3 Å². The average Bonchev–Trinajstić information content (AvgIpc) is 2.93. The van der Waals surface area contributed by atoms with E-state index in [0.717, 1.165) is 5.57 Å². The Morgan fingerprint density at radius 2 is 1.77 bits per heavy atom. The van der Waals surface area contributed by atoms with E-state index in [4.69, 9.17) is 23.4 Å². The molecular weight excluding hydrogens is 524 g/mol. The molecule has 0 unspecified atom stereocenters. The van der Waals surface area contributed by atoms with Gasteiger partial charge < -0.3 is 48.9 Å². The number of rotatable bonds is 9. The maximum atomic E-state index is 14.0. The highest BCUT2D eigenvalue weighted by Crippen LogP contribution is 2.40. The number of aliphatic hydroxyl groups excluding tert-OH is 4. The van der Waals surface area contributed by atoms with Crippen molar-refractivity contribution in [1.82, 2.24) is 0 Å². The second-order valence-electron chi connectivity index (χ2n) is 9.75. The molecule has 40 heavy (non-hydrogen) atoms. The minimum atomic E-state index is -1.69. The molecule has 5 atom stereocenters. The molecule has 0 amide bonds. The van der Waals surface area contributed by atoms with E-state index in [-0.39, 0.29) is 47.9 Å². The van der Waals surface area contributed by atoms with E-state index >= 15 is 0 Å². The molecule has 1 aliphatic rings. The van der Waals surface area contributed by atoms with Crippen LogP contribution in [-0.2, 0) is 11.2 Å². The van der Waals surface area contributed by atoms with Crippen LogP contribution in [0.2, 0.25) is 0 Å². The van der Waals surface area contributed by atoms with E-state index in [2.05, 4.69) is 0 Å². The van der Waals surface area contributed by atoms with Crippen molar-refractivity contribution in [1.29, 1.82) is 0 Å². The zero-order chi connectivity index (χ0) is 29.1. The predicted molar refractivity (Wildman–Crippen MR) is 145 cm³/mol. The van der Waals surface area contributed by atoms with Crippen LogP contribution < -0.4 is 19.6 Å². The number of methoxy groups -OCH3 is 1. The molecule has 0 bridgehead atoms. The number of hydrogen-bond donors (Lipinski definition) is 5. The summed E-state index contributed by atoms with van der Waals surface area (Å²) in [5, 5.41) is 50.9. The second-order valence-corrected chi connectivity index (χ2v) is 9.75. The van der Waals surface area contributed by atoms with E-state index in [1.165, 1.54) is 20.1 Å². The molecule has 1 aromatic heterocycles. The third-order valence-corrected chi connectivity index (χ3v) is 6.62. The molecule has 0 radical (unpaired) electrons. The van der Waals surface area contributed by atoms with Crippen molar-refractivity contribution in [2.75, 3.05) is 20.3 Å². The van der Waals surface area contributed by atoms with Gasteiger partial charge in [-0.25, -0.2) is 0 Å². The average molecular weight is 559 g/mol. The molecule has 1 fully saturated rings. The van der Waals surface area contributed by atoms with Crippen molar-refractivity contribution < 1.29 is 48.9 Å². The van der Waals surface area contributed by atoms with E-state index in [1.807, 2.05) is 19.9 Å². The summed E-state index contributed by atoms with van der Waals surface area (Å²) < 4.78 is 28.6. The lowest BCUT2D eigenvalue weighted by Crippen LogP contribution is -2.58. The smallest absolute Gasteiger partial charge is 0.239 e. The molecule has 5 N–H and O–H groups in total. The normalized spacial score (nSPS) is 22.6. The number of aromatic hydroxyl groups is 1. The Morgan fingerprint density at radius 3 is 2.40 bits per heavy atom. The van der Waals surface area contributed by atoms with Crippen LogP contribution >= 0.6 is 0 Å². The fourth-order valence-corrected chi connectivity index (χ4v) is 4.41. The summed E-state index contributed by atoms with van der Waals surface area (Å²) in [6.07, 6.45) is -4.93. The van der Waals surface area contributed by atoms with Gasteiger partial charge in [-0.15, -0.1) is 0 Å². The fraction of sp³-hybridized carbons (Fsp3) is 0.414. The lowest BCUT2D eigenvalue weighted by molar-refractivity contribution is -0.268. The number of fused-ring (bicyclic) bond motifs is 1. The summed E-state index contributed by atoms with van der Waals surface area (Å²) >= 11 is 0. The van der Waals surface area contributed by atoms with Gasteiger partial charge in [-0.3, -0.25) is 4.79 Å². The summed E-state index contributed by atoms with van der Waals surface area (Å²) in [6.45, 7) is 4.98. The van der Waals surface area contributed by atoms with Crippen LogP contribution in [0.4, 0.5) is 0 Å². The van der Waals surface area contributed by atoms with Crippen LogP contribution in [0.5, 0.6) is 23.0 Å². The van der Waals surface area contributed by atoms with Gasteiger partial charge in [-0.2, -0.15) is 0 Å². The number of aliphatic hydroxyl groups is 4. The Labute approximate surface area is 230 Å². The summed E-state index contributed by atoms with van der Waals surface area (Å²) in [6, 6.07) is 7.85. The molecule has 4 rings (SSSR count). The van der Waals surface area contributed by atoms with Crippen molar-refractivity contribution in [3.8, 4) is 34.3 Å². The van der Waals surface area contributed by atoms with Gasteiger partial charge in [0.25, 0.3) is 0 Å². The maximum absolute atomic E-state index is 14.0. The van der Waals surface area contributed by atoms with Gasteiger partial charge in [0.1, 0.15) is 53.1 Å². The highest BCUT2D eigenvalue weighted by Gasteiger charge is 2.44. The Bertz CT molecular complexity index is 1420. The first-order valence-corrected chi connectivity index (χ1v) is 12.8. The largest absolute Gasteiger partial charge is 0.507 e. The topological polar surface area (TPSA) is 168 Å². The Morgan fingerprint density at radius 1 is 1.07 bits per heavy atom. The summed E-state index contributed by atoms with van der Waals surface area (Å²) in [7, 11) is 1.51. The number of hydrogen-bond acceptors (Lipinski definition) is 11. The van der Waals surface area contributed by atoms with Gasteiger partial charge in [0.2, 0.25) is 17.5 Å². The predicted octanol–water partition coefficient (Wildman–Crippen LogP) is 2.26. The molecule has 11 heteroatoms. The first-order chi connectivity index (χ1) is 19.1. The minimum Gasteiger partial charge on any atom is -0.507 e. The molecule has 0 saturated carbocycles. The van der Waals surface area contributed by atoms with E-state index in [1.54, 1.807) is 24.3 Å². The van der Waals surface area contributed by atoms with Gasteiger partial charge in [-0.1, -0.05) is 11.6 Å². The molecular formula is C29H34O11. The van der Waals surface area contributed by atoms with Crippen molar-refractivity contribution in [2.24, 2.45) is 0 Å². The molecule has 216 valence electrons. The minimum absolute atomic E-state index is 0.0404. The monoisotopic (exact) mass is 558 g/mol. The highest BCUT2D eigenvalue weighted by atomic mass is 16.7. The fourth-order valence-electron chi connectivity index (χ4n) is 4.41. The number of allylic oxidation sites excluding steroid dienone is 2. The van der Waals surface area contributed by atoms with Gasteiger partial charge in [0, 0.05) is 17.2 Å². The molecule has 11 nitrogen and oxygen atoms in total. The van der Waals surface area contributed by atoms with Gasteiger partial charge in [0.05, 0.1) is 19.8 Å². The maximum Gasteiger partial charge on any atom is 0.239 e. The number of phenols is 1. The molecule has 1 saturated heterocycles. The number of phenolic OH excluding ortho intramolecular Hbond substituents is 1. The lowest BCUT2D eigenvalue weighted by Gasteiger charge is -2.38. The summed E-state index contributed by atoms with van der Waals surface area (Å²) in [5.74, 6) is -0.0944. The lowest BCUT2D eigenvalue weighted by atomic mass is 10.00. The van der Waals surface area contributed by atoms with Gasteiger partial charge >= 0.3 is 0 Å². The van der Waals surface area contributed by atoms with Gasteiger partial charge in [0.15, 0.2) is 5.76 Å². The first-order valence-electron chi connectivity index (χ1n) is 12.8. The molecule has 0 aliphatic carbocycles. The molecule has 1 aliphatic heterocycles. The van der Waals surface area contributed by atoms with Crippen molar-refractivity contribution in [3.63, 3.8) is 0 Å². The molecule has 2 heterocycles. The van der Waals surface area contributed by atoms with E-state index in [9.17, 15) is 30.3 Å². The zero-order valence-corrected chi connectivity index (χ0v) is 22.7. The Hall–Kier alpha value is -3.61. The zero-order valence-electron chi connectivity index (χ0n) is 22.7. The standard InChI is InChI=1S/C29H34O11/c1-14(2)5-10-18-20(37-12-11-30)13-19(31)21-23(33)28(40-29-25(35)24(34)22(32)15(3)38-29)26(39-27(18)21)16-6-8-17(36-4)9-7-16/h5-9,13,15,22,24-25,29-32,34-35H,10-12H2,1-4H3/t15-,22-,24+,25+,29+/m1/s1. The van der Waals surface area contributed by atoms with Crippen LogP contribution in [0.25, 0.3) is 22.3 Å². The van der Waals surface area contributed by atoms with E-state index in [0.29, 0.717) is 16.9 Å². The SMILES string of the molecule is COc1ccc(-c2oc3c(CC=C(C)C)c(OCCO)cc(O)c3c(=O)c2O[C@@H]2O[C@H](C)[C@@H](O)[C@H](O)[C@@H]2O)cc1. The van der Waals surface area contributed by atoms with Gasteiger partial charge in [-0.05, 0) is 51.5 Å². The Kier molecular flexibility index (Phi) is 9.02. The number of ether oxygens (including phenoxy) is 4. The van der Waals surface area contributed by atoms with Crippen molar-refractivity contribution in [2.45, 2.75) is 57.9 Å². The van der Waals surface area contributed by atoms with Crippen LogP contribution in [0.15, 0.2) is 51.2 Å². The third-order valence-electron chi connectivity index (χ3n) is 6.62. The highest BCUT2D eigenvalue weighted by molar-refractivity contribution is 5.91. The van der Waals surface area contributed by atoms with E-state index < -0.39 is 41.9 Å². The third kappa shape index (κ3) is 5.79. The van der Waals surface area contributed by atoms with Crippen LogP contribution in [0, 0.1) is 0 Å². The van der Waals surface area contributed by atoms with Crippen LogP contribution in [-0.4, -0.2) is 76.6 Å². The Balaban J connectivity index is 1.98. The summed E-state index contributed by atoms with van der Waals surface area (Å²) in [5.41, 5.74) is 1.14. The quantitative estimate of drug-likeness (QED) is 0.244. The van der Waals surface area contributed by atoms with Crippen molar-refractivity contribution in [3.05, 3.63) is 57.8 Å². The molecule has 3 aromatic rings. The van der Waals surface area contributed by atoms with Crippen LogP contribution in [0.3, 0.4) is 0 Å². The van der Waals surface area contributed by atoms with Crippen molar-refractivity contribution >= 4 is 11.0 Å². The molecule has 2 aromatic carbocycles. The molecule has 0 spiro atoms. The number of benzene rings is 2. The second kappa shape index (κ2) is 12.3.